The van der Waals surface area contributed by atoms with Crippen LogP contribution in [0.15, 0.2) is 24.3 Å². The number of hydrogen-bond donors (Lipinski definition) is 0. The number of hydrogen-bond acceptors (Lipinski definition) is 3. The first kappa shape index (κ1) is 11.6. The van der Waals surface area contributed by atoms with Crippen LogP contribution in [0.2, 0.25) is 0 Å². The van der Waals surface area contributed by atoms with Gasteiger partial charge in [-0.25, -0.2) is 4.79 Å². The maximum absolute atomic E-state index is 9.92. The van der Waals surface area contributed by atoms with E-state index in [1.54, 1.807) is 24.3 Å². The molecule has 1 aromatic carbocycles. The number of unbranched alkanes of at least 4 members (excludes halogenated alkanes) is 2. The summed E-state index contributed by atoms with van der Waals surface area (Å²) in [7, 11) is 0. The van der Waals surface area contributed by atoms with Crippen molar-refractivity contribution in [2.75, 3.05) is 6.61 Å². The van der Waals surface area contributed by atoms with Crippen molar-refractivity contribution in [3.63, 3.8) is 0 Å². The molecule has 1 aromatic rings. The van der Waals surface area contributed by atoms with Crippen LogP contribution in [-0.4, -0.2) is 13.1 Å². The average molecular weight is 207 g/mol. The highest BCUT2D eigenvalue weighted by Crippen LogP contribution is 2.17. The van der Waals surface area contributed by atoms with Gasteiger partial charge in [-0.05, 0) is 30.7 Å². The molecular formula is C12H15O3. The molecule has 0 saturated heterocycles. The summed E-state index contributed by atoms with van der Waals surface area (Å²) in [5, 5.41) is 0. The Labute approximate surface area is 90.0 Å². The minimum atomic E-state index is 0.478. The third kappa shape index (κ3) is 4.49. The smallest absolute Gasteiger partial charge is 0.423 e. The summed E-state index contributed by atoms with van der Waals surface area (Å²) in [5.41, 5.74) is 0. The van der Waals surface area contributed by atoms with E-state index >= 15 is 0 Å². The molecule has 0 unspecified atom stereocenters. The van der Waals surface area contributed by atoms with Gasteiger partial charge >= 0.3 is 6.47 Å². The van der Waals surface area contributed by atoms with Gasteiger partial charge in [0.25, 0.3) is 0 Å². The minimum Gasteiger partial charge on any atom is -0.494 e. The van der Waals surface area contributed by atoms with Gasteiger partial charge in [-0.3, -0.25) is 0 Å². The molecular weight excluding hydrogens is 192 g/mol. The molecule has 81 valence electrons. The predicted molar refractivity (Wildman–Crippen MR) is 57.8 cm³/mol. The molecule has 0 saturated carbocycles. The van der Waals surface area contributed by atoms with Gasteiger partial charge in [-0.1, -0.05) is 19.8 Å². The quantitative estimate of drug-likeness (QED) is 0.645. The maximum atomic E-state index is 9.92. The minimum absolute atomic E-state index is 0.478. The van der Waals surface area contributed by atoms with E-state index in [2.05, 4.69) is 11.7 Å². The molecule has 1 radical (unpaired) electrons. The summed E-state index contributed by atoms with van der Waals surface area (Å²) in [6.45, 7) is 4.26. The standard InChI is InChI=1S/C12H15O3/c1-2-3-4-9-14-11-5-7-12(8-6-11)15-10-13/h5-8H,2-4,9H2,1H3. The summed E-state index contributed by atoms with van der Waals surface area (Å²) < 4.78 is 10.0. The highest BCUT2D eigenvalue weighted by molar-refractivity contribution is 5.46. The second kappa shape index (κ2) is 6.87. The molecule has 0 aliphatic carbocycles. The van der Waals surface area contributed by atoms with Gasteiger partial charge in [0.15, 0.2) is 0 Å². The monoisotopic (exact) mass is 207 g/mol. The second-order valence-electron chi connectivity index (χ2n) is 3.21. The molecule has 3 heteroatoms. The Kier molecular flexibility index (Phi) is 5.30. The fraction of sp³-hybridized carbons (Fsp3) is 0.417. The zero-order valence-electron chi connectivity index (χ0n) is 8.86. The second-order valence-corrected chi connectivity index (χ2v) is 3.21. The Morgan fingerprint density at radius 2 is 1.80 bits per heavy atom. The van der Waals surface area contributed by atoms with E-state index in [0.717, 1.165) is 18.8 Å². The molecule has 0 aromatic heterocycles. The fourth-order valence-corrected chi connectivity index (χ4v) is 1.19. The van der Waals surface area contributed by atoms with Gasteiger partial charge in [0.1, 0.15) is 11.5 Å². The van der Waals surface area contributed by atoms with Crippen LogP contribution in [0.3, 0.4) is 0 Å². The topological polar surface area (TPSA) is 35.5 Å². The van der Waals surface area contributed by atoms with Crippen molar-refractivity contribution in [2.45, 2.75) is 26.2 Å². The van der Waals surface area contributed by atoms with Crippen molar-refractivity contribution in [1.29, 1.82) is 0 Å². The molecule has 0 aliphatic heterocycles. The molecule has 3 nitrogen and oxygen atoms in total. The number of ether oxygens (including phenoxy) is 2. The van der Waals surface area contributed by atoms with Crippen LogP contribution in [0.4, 0.5) is 0 Å². The fourth-order valence-electron chi connectivity index (χ4n) is 1.19. The largest absolute Gasteiger partial charge is 0.494 e. The van der Waals surface area contributed by atoms with Crippen LogP contribution in [0.25, 0.3) is 0 Å². The molecule has 0 amide bonds. The van der Waals surface area contributed by atoms with Crippen molar-refractivity contribution < 1.29 is 14.3 Å². The average Bonchev–Trinajstić information content (AvgIpc) is 2.27. The van der Waals surface area contributed by atoms with E-state index in [4.69, 9.17) is 4.74 Å². The summed E-state index contributed by atoms with van der Waals surface area (Å²) in [6, 6.07) is 6.91. The Morgan fingerprint density at radius 3 is 2.40 bits per heavy atom. The van der Waals surface area contributed by atoms with Crippen LogP contribution >= 0.6 is 0 Å². The first-order chi connectivity index (χ1) is 7.36. The van der Waals surface area contributed by atoms with Gasteiger partial charge in [-0.2, -0.15) is 0 Å². The van der Waals surface area contributed by atoms with Crippen molar-refractivity contribution in [1.82, 2.24) is 0 Å². The van der Waals surface area contributed by atoms with Gasteiger partial charge in [0.2, 0.25) is 0 Å². The highest BCUT2D eigenvalue weighted by Gasteiger charge is 1.95. The summed E-state index contributed by atoms with van der Waals surface area (Å²) in [4.78, 5) is 9.92. The Bertz CT molecular complexity index is 279. The number of benzene rings is 1. The Morgan fingerprint density at radius 1 is 1.13 bits per heavy atom. The molecule has 15 heavy (non-hydrogen) atoms. The molecule has 0 spiro atoms. The molecule has 0 bridgehead atoms. The van der Waals surface area contributed by atoms with Crippen molar-refractivity contribution in [3.05, 3.63) is 24.3 Å². The zero-order chi connectivity index (χ0) is 10.9. The van der Waals surface area contributed by atoms with E-state index in [1.165, 1.54) is 19.3 Å². The third-order valence-corrected chi connectivity index (χ3v) is 2.00. The number of rotatable bonds is 7. The van der Waals surface area contributed by atoms with E-state index in [9.17, 15) is 4.79 Å². The lowest BCUT2D eigenvalue weighted by Gasteiger charge is -2.05. The summed E-state index contributed by atoms with van der Waals surface area (Å²) in [6.07, 6.45) is 3.43. The van der Waals surface area contributed by atoms with Crippen LogP contribution in [0.5, 0.6) is 11.5 Å². The van der Waals surface area contributed by atoms with E-state index in [-0.39, 0.29) is 0 Å². The van der Waals surface area contributed by atoms with Crippen LogP contribution < -0.4 is 9.47 Å². The summed E-state index contributed by atoms with van der Waals surface area (Å²) in [5.74, 6) is 1.27. The lowest BCUT2D eigenvalue weighted by molar-refractivity contribution is 0.306. The molecule has 0 heterocycles. The van der Waals surface area contributed by atoms with Crippen LogP contribution in [0, 0.1) is 0 Å². The van der Waals surface area contributed by atoms with Gasteiger partial charge < -0.3 is 9.47 Å². The molecule has 0 aliphatic rings. The molecule has 0 fully saturated rings. The first-order valence-corrected chi connectivity index (χ1v) is 5.13. The van der Waals surface area contributed by atoms with E-state index in [0.29, 0.717) is 5.75 Å². The van der Waals surface area contributed by atoms with E-state index < -0.39 is 0 Å². The molecule has 0 atom stereocenters. The van der Waals surface area contributed by atoms with Gasteiger partial charge in [-0.15, -0.1) is 0 Å². The van der Waals surface area contributed by atoms with E-state index in [1.807, 2.05) is 0 Å². The Balaban J connectivity index is 2.32. The van der Waals surface area contributed by atoms with Gasteiger partial charge in [0.05, 0.1) is 6.61 Å². The third-order valence-electron chi connectivity index (χ3n) is 2.00. The van der Waals surface area contributed by atoms with Gasteiger partial charge in [0, 0.05) is 0 Å². The van der Waals surface area contributed by atoms with Crippen LogP contribution in [-0.2, 0) is 4.79 Å². The molecule has 1 rings (SSSR count). The lowest BCUT2D eigenvalue weighted by Crippen LogP contribution is -1.96. The highest BCUT2D eigenvalue weighted by atomic mass is 16.5. The van der Waals surface area contributed by atoms with Crippen molar-refractivity contribution in [2.24, 2.45) is 0 Å². The van der Waals surface area contributed by atoms with Crippen LogP contribution in [0.1, 0.15) is 26.2 Å². The predicted octanol–water partition coefficient (Wildman–Crippen LogP) is 2.70. The molecule has 0 N–H and O–H groups in total. The number of carbonyl (C=O) groups excluding carboxylic acids is 1. The normalized spacial score (nSPS) is 9.67. The first-order valence-electron chi connectivity index (χ1n) is 5.13. The maximum Gasteiger partial charge on any atom is 0.423 e. The summed E-state index contributed by atoms with van der Waals surface area (Å²) >= 11 is 0. The zero-order valence-corrected chi connectivity index (χ0v) is 8.86. The Hall–Kier alpha value is -1.51. The SMILES string of the molecule is CCCCCOc1ccc(O[C]=O)cc1. The van der Waals surface area contributed by atoms with Crippen molar-refractivity contribution in [3.8, 4) is 11.5 Å². The lowest BCUT2D eigenvalue weighted by atomic mass is 10.3. The van der Waals surface area contributed by atoms with Crippen molar-refractivity contribution >= 4 is 6.47 Å².